The number of halogens is 1. The largest absolute Gasteiger partial charge is 0.271 e. The maximum atomic E-state index is 13.3. The third kappa shape index (κ3) is 2.13. The first-order valence-electron chi connectivity index (χ1n) is 6.38. The monoisotopic (exact) mass is 257 g/mol. The van der Waals surface area contributed by atoms with Gasteiger partial charge in [-0.3, -0.25) is 16.3 Å². The average Bonchev–Trinajstić information content (AvgIpc) is 3.22. The molecule has 1 fully saturated rings. The molecule has 0 saturated heterocycles. The molecular weight excluding hydrogens is 241 g/mol. The summed E-state index contributed by atoms with van der Waals surface area (Å²) in [6.45, 7) is 0. The molecule has 1 unspecified atom stereocenters. The molecule has 0 amide bonds. The van der Waals surface area contributed by atoms with Gasteiger partial charge in [0.1, 0.15) is 5.82 Å². The maximum Gasteiger partial charge on any atom is 0.141 e. The molecule has 1 aliphatic rings. The van der Waals surface area contributed by atoms with E-state index in [2.05, 4.69) is 22.5 Å². The number of nitrogens with two attached hydrogens (primary N) is 1. The van der Waals surface area contributed by atoms with Crippen LogP contribution in [0, 0.1) is 5.82 Å². The van der Waals surface area contributed by atoms with Crippen LogP contribution < -0.4 is 11.3 Å². The molecule has 1 atom stereocenters. The normalized spacial score (nSPS) is 18.0. The molecule has 1 heterocycles. The van der Waals surface area contributed by atoms with Crippen LogP contribution in [0.5, 0.6) is 0 Å². The van der Waals surface area contributed by atoms with Gasteiger partial charge in [-0.2, -0.15) is 0 Å². The molecule has 1 aliphatic carbocycles. The van der Waals surface area contributed by atoms with Crippen molar-refractivity contribution in [3.8, 4) is 0 Å². The van der Waals surface area contributed by atoms with Gasteiger partial charge in [0.25, 0.3) is 0 Å². The Labute approximate surface area is 111 Å². The summed E-state index contributed by atoms with van der Waals surface area (Å²) in [5, 5.41) is 0. The number of hydrazine groups is 1. The van der Waals surface area contributed by atoms with Gasteiger partial charge in [-0.15, -0.1) is 0 Å². The van der Waals surface area contributed by atoms with Gasteiger partial charge in [0, 0.05) is 11.6 Å². The molecule has 0 spiro atoms. The Bertz CT molecular complexity index is 567. The Morgan fingerprint density at radius 2 is 1.95 bits per heavy atom. The second-order valence-corrected chi connectivity index (χ2v) is 5.06. The molecule has 0 aliphatic heterocycles. The zero-order chi connectivity index (χ0) is 13.3. The summed E-state index contributed by atoms with van der Waals surface area (Å²) in [5.41, 5.74) is 4.84. The van der Waals surface area contributed by atoms with E-state index in [1.165, 1.54) is 17.8 Å². The molecule has 3 rings (SSSR count). The molecule has 4 heteroatoms. The minimum Gasteiger partial charge on any atom is -0.271 e. The lowest BCUT2D eigenvalue weighted by Crippen LogP contribution is -2.36. The number of rotatable bonds is 4. The lowest BCUT2D eigenvalue weighted by molar-refractivity contribution is 0.435. The van der Waals surface area contributed by atoms with Gasteiger partial charge in [-0.05, 0) is 30.0 Å². The highest BCUT2D eigenvalue weighted by atomic mass is 19.1. The first-order valence-corrected chi connectivity index (χ1v) is 6.38. The number of hydrogen-bond donors (Lipinski definition) is 2. The summed E-state index contributed by atoms with van der Waals surface area (Å²) < 4.78 is 13.3. The quantitative estimate of drug-likeness (QED) is 0.653. The Morgan fingerprint density at radius 3 is 2.53 bits per heavy atom. The molecule has 3 nitrogen and oxygen atoms in total. The van der Waals surface area contributed by atoms with Crippen LogP contribution in [-0.2, 0) is 5.41 Å². The van der Waals surface area contributed by atoms with Crippen molar-refractivity contribution >= 4 is 0 Å². The van der Waals surface area contributed by atoms with Gasteiger partial charge in [0.15, 0.2) is 0 Å². The van der Waals surface area contributed by atoms with Crippen molar-refractivity contribution in [2.24, 2.45) is 5.84 Å². The second kappa shape index (κ2) is 4.72. The number of aromatic nitrogens is 1. The van der Waals surface area contributed by atoms with Crippen molar-refractivity contribution < 1.29 is 4.39 Å². The van der Waals surface area contributed by atoms with E-state index in [0.717, 1.165) is 18.4 Å². The third-order valence-electron chi connectivity index (χ3n) is 3.92. The summed E-state index contributed by atoms with van der Waals surface area (Å²) in [7, 11) is 0. The molecule has 1 aromatic carbocycles. The number of benzene rings is 1. The van der Waals surface area contributed by atoms with Gasteiger partial charge >= 0.3 is 0 Å². The smallest absolute Gasteiger partial charge is 0.141 e. The van der Waals surface area contributed by atoms with Crippen LogP contribution in [0.25, 0.3) is 0 Å². The van der Waals surface area contributed by atoms with E-state index in [0.29, 0.717) is 0 Å². The van der Waals surface area contributed by atoms with E-state index >= 15 is 0 Å². The Kier molecular flexibility index (Phi) is 3.05. The topological polar surface area (TPSA) is 50.9 Å². The fraction of sp³-hybridized carbons (Fsp3) is 0.267. The van der Waals surface area contributed by atoms with Crippen molar-refractivity contribution in [1.82, 2.24) is 10.4 Å². The fourth-order valence-electron chi connectivity index (χ4n) is 2.81. The summed E-state index contributed by atoms with van der Waals surface area (Å²) in [6, 6.07) is 11.6. The lowest BCUT2D eigenvalue weighted by atomic mass is 9.85. The predicted octanol–water partition coefficient (Wildman–Crippen LogP) is 2.46. The standard InChI is InChI=1S/C15H16FN3/c16-13-8-11(9-18-10-13)14(19-17)15(6-7-15)12-4-2-1-3-5-12/h1-5,8-10,14,19H,6-7,17H2. The Hall–Kier alpha value is -1.78. The molecule has 98 valence electrons. The second-order valence-electron chi connectivity index (χ2n) is 5.06. The Balaban J connectivity index is 1.99. The molecule has 19 heavy (non-hydrogen) atoms. The number of nitrogens with one attached hydrogen (secondary N) is 1. The van der Waals surface area contributed by atoms with Crippen LogP contribution in [0.2, 0.25) is 0 Å². The van der Waals surface area contributed by atoms with E-state index in [1.807, 2.05) is 18.2 Å². The molecule has 3 N–H and O–H groups in total. The van der Waals surface area contributed by atoms with Crippen molar-refractivity contribution in [1.29, 1.82) is 0 Å². The van der Waals surface area contributed by atoms with E-state index in [4.69, 9.17) is 5.84 Å². The van der Waals surface area contributed by atoms with Gasteiger partial charge in [-0.25, -0.2) is 4.39 Å². The lowest BCUT2D eigenvalue weighted by Gasteiger charge is -2.27. The molecule has 1 saturated carbocycles. The van der Waals surface area contributed by atoms with Crippen molar-refractivity contribution in [2.45, 2.75) is 24.3 Å². The van der Waals surface area contributed by atoms with Gasteiger partial charge < -0.3 is 0 Å². The van der Waals surface area contributed by atoms with Crippen LogP contribution in [0.15, 0.2) is 48.8 Å². The molecule has 0 radical (unpaired) electrons. The average molecular weight is 257 g/mol. The summed E-state index contributed by atoms with van der Waals surface area (Å²) in [6.07, 6.45) is 4.97. The Morgan fingerprint density at radius 1 is 1.21 bits per heavy atom. The zero-order valence-electron chi connectivity index (χ0n) is 10.5. The molecule has 1 aromatic heterocycles. The van der Waals surface area contributed by atoms with Crippen LogP contribution >= 0.6 is 0 Å². The van der Waals surface area contributed by atoms with Crippen molar-refractivity contribution in [3.05, 3.63) is 65.7 Å². The van der Waals surface area contributed by atoms with E-state index in [9.17, 15) is 4.39 Å². The molecule has 2 aromatic rings. The van der Waals surface area contributed by atoms with Gasteiger partial charge in [0.05, 0.1) is 12.2 Å². The predicted molar refractivity (Wildman–Crippen MR) is 71.6 cm³/mol. The number of pyridine rings is 1. The molecule has 0 bridgehead atoms. The fourth-order valence-corrected chi connectivity index (χ4v) is 2.81. The highest BCUT2D eigenvalue weighted by molar-refractivity contribution is 5.37. The summed E-state index contributed by atoms with van der Waals surface area (Å²) in [5.74, 6) is 5.39. The minimum atomic E-state index is -0.332. The van der Waals surface area contributed by atoms with Gasteiger partial charge in [0.2, 0.25) is 0 Å². The van der Waals surface area contributed by atoms with Crippen molar-refractivity contribution in [2.75, 3.05) is 0 Å². The molecular formula is C15H16FN3. The van der Waals surface area contributed by atoms with E-state index in [-0.39, 0.29) is 17.3 Å². The summed E-state index contributed by atoms with van der Waals surface area (Å²) >= 11 is 0. The summed E-state index contributed by atoms with van der Waals surface area (Å²) in [4.78, 5) is 3.92. The van der Waals surface area contributed by atoms with Crippen LogP contribution in [0.1, 0.15) is 30.0 Å². The first-order chi connectivity index (χ1) is 9.26. The zero-order valence-corrected chi connectivity index (χ0v) is 10.5. The van der Waals surface area contributed by atoms with Crippen molar-refractivity contribution in [3.63, 3.8) is 0 Å². The maximum absolute atomic E-state index is 13.3. The SMILES string of the molecule is NNC(c1cncc(F)c1)C1(c2ccccc2)CC1. The number of nitrogens with zero attached hydrogens (tertiary/aromatic N) is 1. The van der Waals surface area contributed by atoms with Crippen LogP contribution in [-0.4, -0.2) is 4.98 Å². The number of hydrogen-bond acceptors (Lipinski definition) is 3. The highest BCUT2D eigenvalue weighted by Gasteiger charge is 2.51. The highest BCUT2D eigenvalue weighted by Crippen LogP contribution is 2.56. The van der Waals surface area contributed by atoms with Crippen LogP contribution in [0.3, 0.4) is 0 Å². The first kappa shape index (κ1) is 12.3. The van der Waals surface area contributed by atoms with E-state index < -0.39 is 0 Å². The van der Waals surface area contributed by atoms with Crippen LogP contribution in [0.4, 0.5) is 4.39 Å². The minimum absolute atomic E-state index is 0.0362. The van der Waals surface area contributed by atoms with E-state index in [1.54, 1.807) is 6.20 Å². The van der Waals surface area contributed by atoms with Gasteiger partial charge in [-0.1, -0.05) is 30.3 Å². The third-order valence-corrected chi connectivity index (χ3v) is 3.92.